The molecule has 0 aromatic carbocycles. The van der Waals surface area contributed by atoms with Crippen LogP contribution in [-0.2, 0) is 14.4 Å². The summed E-state index contributed by atoms with van der Waals surface area (Å²) < 4.78 is 0. The molecule has 2 heterocycles. The van der Waals surface area contributed by atoms with E-state index in [-0.39, 0.29) is 24.3 Å². The molecule has 2 fully saturated rings. The lowest BCUT2D eigenvalue weighted by atomic mass is 9.93. The van der Waals surface area contributed by atoms with Crippen molar-refractivity contribution >= 4 is 17.8 Å². The number of carbonyl (C=O) groups excluding carboxylic acids is 2. The molecule has 0 bridgehead atoms. The minimum Gasteiger partial charge on any atom is -0.481 e. The van der Waals surface area contributed by atoms with Gasteiger partial charge in [-0.05, 0) is 26.8 Å². The standard InChI is InChI=1S/C11H16N2O4/c1-11(2,10(16)17)5-13-8(14)6-3-4-12-7(6)9(13)15/h6-7,12H,3-5H2,1-2H3,(H,16,17)/t6-,7+/m1/s1. The van der Waals surface area contributed by atoms with Gasteiger partial charge in [-0.2, -0.15) is 0 Å². The molecular weight excluding hydrogens is 224 g/mol. The van der Waals surface area contributed by atoms with Crippen LogP contribution in [0, 0.1) is 11.3 Å². The first-order valence-electron chi connectivity index (χ1n) is 5.66. The Morgan fingerprint density at radius 3 is 2.65 bits per heavy atom. The monoisotopic (exact) mass is 240 g/mol. The number of nitrogens with one attached hydrogen (secondary N) is 1. The molecule has 2 saturated heterocycles. The Kier molecular flexibility index (Phi) is 2.69. The summed E-state index contributed by atoms with van der Waals surface area (Å²) in [5, 5.41) is 12.0. The quantitative estimate of drug-likeness (QED) is 0.646. The zero-order chi connectivity index (χ0) is 12.8. The first kappa shape index (κ1) is 12.0. The number of imide groups is 1. The molecule has 17 heavy (non-hydrogen) atoms. The number of carbonyl (C=O) groups is 3. The average Bonchev–Trinajstić information content (AvgIpc) is 2.78. The fourth-order valence-electron chi connectivity index (χ4n) is 2.32. The minimum absolute atomic E-state index is 0.0608. The highest BCUT2D eigenvalue weighted by molar-refractivity contribution is 6.07. The third kappa shape index (κ3) is 1.82. The molecule has 0 unspecified atom stereocenters. The second kappa shape index (κ2) is 3.80. The van der Waals surface area contributed by atoms with Gasteiger partial charge >= 0.3 is 5.97 Å². The molecule has 0 radical (unpaired) electrons. The SMILES string of the molecule is CC(C)(CN1C(=O)[C@H]2NCC[C@H]2C1=O)C(=O)O. The predicted octanol–water partition coefficient (Wildman–Crippen LogP) is -0.556. The summed E-state index contributed by atoms with van der Waals surface area (Å²) in [7, 11) is 0. The molecule has 0 aliphatic carbocycles. The van der Waals surface area contributed by atoms with Gasteiger partial charge in [-0.25, -0.2) is 0 Å². The molecule has 2 N–H and O–H groups in total. The zero-order valence-corrected chi connectivity index (χ0v) is 9.90. The molecular formula is C11H16N2O4. The highest BCUT2D eigenvalue weighted by Gasteiger charge is 2.51. The van der Waals surface area contributed by atoms with E-state index in [1.807, 2.05) is 0 Å². The highest BCUT2D eigenvalue weighted by Crippen LogP contribution is 2.30. The Labute approximate surface area is 99.0 Å². The topological polar surface area (TPSA) is 86.7 Å². The maximum absolute atomic E-state index is 12.0. The van der Waals surface area contributed by atoms with Crippen LogP contribution in [0.25, 0.3) is 0 Å². The van der Waals surface area contributed by atoms with Crippen LogP contribution >= 0.6 is 0 Å². The largest absolute Gasteiger partial charge is 0.481 e. The third-order valence-corrected chi connectivity index (χ3v) is 3.47. The van der Waals surface area contributed by atoms with Gasteiger partial charge in [-0.15, -0.1) is 0 Å². The zero-order valence-electron chi connectivity index (χ0n) is 9.90. The molecule has 0 saturated carbocycles. The van der Waals surface area contributed by atoms with E-state index in [2.05, 4.69) is 5.32 Å². The van der Waals surface area contributed by atoms with Crippen LogP contribution in [0.15, 0.2) is 0 Å². The lowest BCUT2D eigenvalue weighted by Crippen LogP contribution is -2.44. The molecule has 6 nitrogen and oxygen atoms in total. The number of aliphatic carboxylic acids is 1. The van der Waals surface area contributed by atoms with E-state index in [9.17, 15) is 14.4 Å². The van der Waals surface area contributed by atoms with Gasteiger partial charge in [0, 0.05) is 6.54 Å². The molecule has 2 rings (SSSR count). The van der Waals surface area contributed by atoms with E-state index in [4.69, 9.17) is 5.11 Å². The molecule has 0 spiro atoms. The predicted molar refractivity (Wildman–Crippen MR) is 58.0 cm³/mol. The van der Waals surface area contributed by atoms with E-state index in [1.165, 1.54) is 13.8 Å². The van der Waals surface area contributed by atoms with Crippen molar-refractivity contribution < 1.29 is 19.5 Å². The smallest absolute Gasteiger partial charge is 0.310 e. The number of nitrogens with zero attached hydrogens (tertiary/aromatic N) is 1. The van der Waals surface area contributed by atoms with Crippen LogP contribution < -0.4 is 5.32 Å². The van der Waals surface area contributed by atoms with Crippen LogP contribution in [0.5, 0.6) is 0 Å². The van der Waals surface area contributed by atoms with Crippen LogP contribution in [0.2, 0.25) is 0 Å². The number of hydrogen-bond acceptors (Lipinski definition) is 4. The maximum atomic E-state index is 12.0. The van der Waals surface area contributed by atoms with Gasteiger partial charge < -0.3 is 10.4 Å². The van der Waals surface area contributed by atoms with Crippen molar-refractivity contribution in [2.24, 2.45) is 11.3 Å². The molecule has 0 aromatic rings. The number of hydrogen-bond donors (Lipinski definition) is 2. The van der Waals surface area contributed by atoms with Gasteiger partial charge in [-0.1, -0.05) is 0 Å². The fourth-order valence-corrected chi connectivity index (χ4v) is 2.32. The normalized spacial score (nSPS) is 28.7. The second-order valence-electron chi connectivity index (χ2n) is 5.28. The van der Waals surface area contributed by atoms with Crippen LogP contribution in [0.3, 0.4) is 0 Å². The average molecular weight is 240 g/mol. The van der Waals surface area contributed by atoms with Gasteiger partial charge in [-0.3, -0.25) is 19.3 Å². The van der Waals surface area contributed by atoms with Crippen molar-refractivity contribution in [2.45, 2.75) is 26.3 Å². The van der Waals surface area contributed by atoms with Crippen molar-refractivity contribution in [1.82, 2.24) is 10.2 Å². The molecule has 0 aromatic heterocycles. The number of carboxylic acids is 1. The summed E-state index contributed by atoms with van der Waals surface area (Å²) in [5.74, 6) is -1.83. The lowest BCUT2D eigenvalue weighted by molar-refractivity contribution is -0.151. The molecule has 2 aliphatic rings. The van der Waals surface area contributed by atoms with Gasteiger partial charge in [0.15, 0.2) is 0 Å². The van der Waals surface area contributed by atoms with Crippen LogP contribution in [-0.4, -0.2) is 46.9 Å². The Hall–Kier alpha value is -1.43. The lowest BCUT2D eigenvalue weighted by Gasteiger charge is -2.25. The Morgan fingerprint density at radius 1 is 1.47 bits per heavy atom. The molecule has 2 amide bonds. The van der Waals surface area contributed by atoms with Gasteiger partial charge in [0.2, 0.25) is 11.8 Å². The van der Waals surface area contributed by atoms with Gasteiger partial charge in [0.1, 0.15) is 0 Å². The van der Waals surface area contributed by atoms with E-state index >= 15 is 0 Å². The first-order chi connectivity index (χ1) is 7.84. The maximum Gasteiger partial charge on any atom is 0.310 e. The van der Waals surface area contributed by atoms with Crippen molar-refractivity contribution in [3.63, 3.8) is 0 Å². The van der Waals surface area contributed by atoms with E-state index < -0.39 is 17.4 Å². The summed E-state index contributed by atoms with van der Waals surface area (Å²) >= 11 is 0. The number of fused-ring (bicyclic) bond motifs is 1. The molecule has 94 valence electrons. The van der Waals surface area contributed by atoms with Crippen LogP contribution in [0.4, 0.5) is 0 Å². The number of likely N-dealkylation sites (tertiary alicyclic amines) is 1. The van der Waals surface area contributed by atoms with Crippen LogP contribution in [0.1, 0.15) is 20.3 Å². The van der Waals surface area contributed by atoms with E-state index in [1.54, 1.807) is 0 Å². The Balaban J connectivity index is 2.16. The number of amides is 2. The molecule has 2 aliphatic heterocycles. The fraction of sp³-hybridized carbons (Fsp3) is 0.727. The van der Waals surface area contributed by atoms with Crippen molar-refractivity contribution in [2.75, 3.05) is 13.1 Å². The Bertz CT molecular complexity index is 369. The van der Waals surface area contributed by atoms with Crippen molar-refractivity contribution in [3.8, 4) is 0 Å². The summed E-state index contributed by atoms with van der Waals surface area (Å²) in [5.41, 5.74) is -1.11. The van der Waals surface area contributed by atoms with E-state index in [0.717, 1.165) is 4.90 Å². The van der Waals surface area contributed by atoms with Gasteiger partial charge in [0.25, 0.3) is 0 Å². The summed E-state index contributed by atoms with van der Waals surface area (Å²) in [6.07, 6.45) is 0.652. The molecule has 2 atom stereocenters. The molecule has 6 heteroatoms. The Morgan fingerprint density at radius 2 is 2.12 bits per heavy atom. The van der Waals surface area contributed by atoms with Crippen molar-refractivity contribution in [1.29, 1.82) is 0 Å². The van der Waals surface area contributed by atoms with Gasteiger partial charge in [0.05, 0.1) is 17.4 Å². The third-order valence-electron chi connectivity index (χ3n) is 3.47. The van der Waals surface area contributed by atoms with Crippen molar-refractivity contribution in [3.05, 3.63) is 0 Å². The minimum atomic E-state index is -1.11. The number of rotatable bonds is 3. The summed E-state index contributed by atoms with van der Waals surface area (Å²) in [4.78, 5) is 36.0. The number of carboxylic acid groups (broad SMARTS) is 1. The highest BCUT2D eigenvalue weighted by atomic mass is 16.4. The summed E-state index contributed by atoms with van der Waals surface area (Å²) in [6.45, 7) is 3.63. The second-order valence-corrected chi connectivity index (χ2v) is 5.28. The van der Waals surface area contributed by atoms with E-state index in [0.29, 0.717) is 13.0 Å². The first-order valence-corrected chi connectivity index (χ1v) is 5.66. The summed E-state index contributed by atoms with van der Waals surface area (Å²) in [6, 6.07) is -0.438.